The Morgan fingerprint density at radius 1 is 1.33 bits per heavy atom. The van der Waals surface area contributed by atoms with Gasteiger partial charge < -0.3 is 15.2 Å². The molecule has 2 aliphatic rings. The Bertz CT molecular complexity index is 310. The van der Waals surface area contributed by atoms with Crippen molar-refractivity contribution in [3.05, 3.63) is 0 Å². The van der Waals surface area contributed by atoms with Gasteiger partial charge in [-0.1, -0.05) is 20.8 Å². The van der Waals surface area contributed by atoms with Crippen molar-refractivity contribution in [3.63, 3.8) is 0 Å². The summed E-state index contributed by atoms with van der Waals surface area (Å²) >= 11 is 0. The van der Waals surface area contributed by atoms with Gasteiger partial charge in [0.25, 0.3) is 0 Å². The highest BCUT2D eigenvalue weighted by atomic mass is 16.6. The van der Waals surface area contributed by atoms with Crippen LogP contribution in [0, 0.1) is 17.3 Å². The maximum absolute atomic E-state index is 12.3. The molecule has 4 heteroatoms. The van der Waals surface area contributed by atoms with Crippen LogP contribution in [0.1, 0.15) is 40.0 Å². The fourth-order valence-corrected chi connectivity index (χ4v) is 3.12. The lowest BCUT2D eigenvalue weighted by Crippen LogP contribution is -2.49. The fourth-order valence-electron chi connectivity index (χ4n) is 3.12. The van der Waals surface area contributed by atoms with Crippen molar-refractivity contribution >= 4 is 5.97 Å². The van der Waals surface area contributed by atoms with Gasteiger partial charge in [-0.15, -0.1) is 0 Å². The zero-order valence-electron chi connectivity index (χ0n) is 11.6. The number of carbonyl (C=O) groups is 1. The monoisotopic (exact) mass is 255 g/mol. The molecule has 1 aliphatic carbocycles. The third kappa shape index (κ3) is 2.54. The first kappa shape index (κ1) is 13.8. The maximum atomic E-state index is 12.3. The van der Waals surface area contributed by atoms with Crippen molar-refractivity contribution in [2.45, 2.75) is 52.2 Å². The van der Waals surface area contributed by atoms with E-state index in [-0.39, 0.29) is 29.4 Å². The summed E-state index contributed by atoms with van der Waals surface area (Å²) in [6.07, 6.45) is 2.53. The van der Waals surface area contributed by atoms with Crippen LogP contribution in [0.4, 0.5) is 0 Å². The van der Waals surface area contributed by atoms with E-state index in [0.717, 1.165) is 19.3 Å². The van der Waals surface area contributed by atoms with Gasteiger partial charge in [-0.05, 0) is 24.2 Å². The van der Waals surface area contributed by atoms with E-state index in [1.54, 1.807) is 0 Å². The molecule has 2 fully saturated rings. The van der Waals surface area contributed by atoms with Crippen LogP contribution in [0.5, 0.6) is 0 Å². The lowest BCUT2D eigenvalue weighted by Gasteiger charge is -2.45. The van der Waals surface area contributed by atoms with Crippen molar-refractivity contribution < 1.29 is 14.3 Å². The normalized spacial score (nSPS) is 39.6. The summed E-state index contributed by atoms with van der Waals surface area (Å²) in [4.78, 5) is 12.3. The summed E-state index contributed by atoms with van der Waals surface area (Å²) in [7, 11) is 0. The average molecular weight is 255 g/mol. The molecule has 1 saturated heterocycles. The highest BCUT2D eigenvalue weighted by Gasteiger charge is 2.46. The third-order valence-electron chi connectivity index (χ3n) is 4.96. The molecule has 18 heavy (non-hydrogen) atoms. The lowest BCUT2D eigenvalue weighted by atomic mass is 9.61. The lowest BCUT2D eigenvalue weighted by molar-refractivity contribution is -0.162. The smallest absolute Gasteiger partial charge is 0.309 e. The second-order valence-corrected chi connectivity index (χ2v) is 6.33. The van der Waals surface area contributed by atoms with E-state index >= 15 is 0 Å². The Morgan fingerprint density at radius 3 is 2.67 bits per heavy atom. The van der Waals surface area contributed by atoms with Crippen LogP contribution in [-0.4, -0.2) is 31.3 Å². The molecule has 0 radical (unpaired) electrons. The number of carbonyl (C=O) groups excluding carboxylic acids is 1. The van der Waals surface area contributed by atoms with Crippen LogP contribution >= 0.6 is 0 Å². The highest BCUT2D eigenvalue weighted by Crippen LogP contribution is 2.45. The Kier molecular flexibility index (Phi) is 3.97. The molecule has 1 saturated carbocycles. The van der Waals surface area contributed by atoms with Crippen molar-refractivity contribution in [1.29, 1.82) is 0 Å². The van der Waals surface area contributed by atoms with E-state index in [2.05, 4.69) is 20.8 Å². The van der Waals surface area contributed by atoms with E-state index in [1.165, 1.54) is 0 Å². The SMILES string of the molecule is CC1C(N)CCC(C(=O)OC2CCOC2)C1(C)C. The molecule has 104 valence electrons. The number of nitrogens with two attached hydrogens (primary N) is 1. The first-order valence-corrected chi connectivity index (χ1v) is 6.96. The van der Waals surface area contributed by atoms with Gasteiger partial charge in [-0.25, -0.2) is 0 Å². The van der Waals surface area contributed by atoms with Gasteiger partial charge in [0.05, 0.1) is 19.1 Å². The minimum atomic E-state index is -0.0891. The zero-order valence-corrected chi connectivity index (χ0v) is 11.6. The van der Waals surface area contributed by atoms with Crippen LogP contribution in [0.25, 0.3) is 0 Å². The quantitative estimate of drug-likeness (QED) is 0.763. The molecule has 4 unspecified atom stereocenters. The van der Waals surface area contributed by atoms with Gasteiger partial charge in [0, 0.05) is 12.5 Å². The molecule has 2 N–H and O–H groups in total. The van der Waals surface area contributed by atoms with Crippen molar-refractivity contribution in [1.82, 2.24) is 0 Å². The van der Waals surface area contributed by atoms with Crippen molar-refractivity contribution in [2.75, 3.05) is 13.2 Å². The Balaban J connectivity index is 2.00. The van der Waals surface area contributed by atoms with E-state index in [1.807, 2.05) is 0 Å². The maximum Gasteiger partial charge on any atom is 0.309 e. The van der Waals surface area contributed by atoms with Crippen molar-refractivity contribution in [3.8, 4) is 0 Å². The standard InChI is InChI=1S/C14H25NO3/c1-9-12(15)5-4-11(14(9,2)3)13(16)18-10-6-7-17-8-10/h9-12H,4-8,15H2,1-3H3. The molecule has 0 aromatic rings. The number of esters is 1. The predicted molar refractivity (Wildman–Crippen MR) is 69.0 cm³/mol. The summed E-state index contributed by atoms with van der Waals surface area (Å²) in [6.45, 7) is 7.66. The molecule has 0 spiro atoms. The second-order valence-electron chi connectivity index (χ2n) is 6.33. The molecule has 4 nitrogen and oxygen atoms in total. The minimum Gasteiger partial charge on any atom is -0.460 e. The predicted octanol–water partition coefficient (Wildman–Crippen LogP) is 1.72. The number of hydrogen-bond donors (Lipinski definition) is 1. The first-order valence-electron chi connectivity index (χ1n) is 6.96. The van der Waals surface area contributed by atoms with Gasteiger partial charge in [0.2, 0.25) is 0 Å². The molecule has 0 bridgehead atoms. The molecule has 0 aromatic carbocycles. The van der Waals surface area contributed by atoms with Crippen LogP contribution in [0.15, 0.2) is 0 Å². The van der Waals surface area contributed by atoms with Gasteiger partial charge in [-0.3, -0.25) is 4.79 Å². The summed E-state index contributed by atoms with van der Waals surface area (Å²) in [5.74, 6) is 0.241. The molecule has 0 amide bonds. The van der Waals surface area contributed by atoms with Crippen molar-refractivity contribution in [2.24, 2.45) is 23.0 Å². The minimum absolute atomic E-state index is 0.0344. The van der Waals surface area contributed by atoms with Gasteiger partial charge in [-0.2, -0.15) is 0 Å². The van der Waals surface area contributed by atoms with Crippen LogP contribution in [0.2, 0.25) is 0 Å². The Hall–Kier alpha value is -0.610. The Morgan fingerprint density at radius 2 is 2.06 bits per heavy atom. The number of ether oxygens (including phenoxy) is 2. The van der Waals surface area contributed by atoms with E-state index < -0.39 is 0 Å². The van der Waals surface area contributed by atoms with E-state index in [0.29, 0.717) is 19.1 Å². The number of rotatable bonds is 2. The zero-order chi connectivity index (χ0) is 13.3. The van der Waals surface area contributed by atoms with E-state index in [9.17, 15) is 4.79 Å². The summed E-state index contributed by atoms with van der Waals surface area (Å²) in [6, 6.07) is 0.193. The fraction of sp³-hybridized carbons (Fsp3) is 0.929. The Labute approximate surface area is 109 Å². The summed E-state index contributed by atoms with van der Waals surface area (Å²) < 4.78 is 10.8. The largest absolute Gasteiger partial charge is 0.460 e. The molecular weight excluding hydrogens is 230 g/mol. The molecule has 2 rings (SSSR count). The molecule has 0 aromatic heterocycles. The molecule has 4 atom stereocenters. The van der Waals surface area contributed by atoms with Crippen LogP contribution in [0.3, 0.4) is 0 Å². The molecule has 1 aliphatic heterocycles. The highest BCUT2D eigenvalue weighted by molar-refractivity contribution is 5.73. The first-order chi connectivity index (χ1) is 8.43. The summed E-state index contributed by atoms with van der Waals surface area (Å²) in [5.41, 5.74) is 6.02. The van der Waals surface area contributed by atoms with Crippen LogP contribution in [-0.2, 0) is 14.3 Å². The average Bonchev–Trinajstić information content (AvgIpc) is 2.78. The van der Waals surface area contributed by atoms with Gasteiger partial charge in [0.1, 0.15) is 6.10 Å². The second kappa shape index (κ2) is 5.17. The van der Waals surface area contributed by atoms with Gasteiger partial charge in [0.15, 0.2) is 0 Å². The number of hydrogen-bond acceptors (Lipinski definition) is 4. The van der Waals surface area contributed by atoms with Gasteiger partial charge >= 0.3 is 5.97 Å². The summed E-state index contributed by atoms with van der Waals surface area (Å²) in [5, 5.41) is 0. The van der Waals surface area contributed by atoms with Crippen LogP contribution < -0.4 is 5.73 Å². The molecular formula is C14H25NO3. The molecule has 1 heterocycles. The van der Waals surface area contributed by atoms with E-state index in [4.69, 9.17) is 15.2 Å². The third-order valence-corrected chi connectivity index (χ3v) is 4.96. The topological polar surface area (TPSA) is 61.6 Å².